The first-order valence-electron chi connectivity index (χ1n) is 6.88. The van der Waals surface area contributed by atoms with Crippen LogP contribution in [0, 0.1) is 6.92 Å². The molecule has 4 heteroatoms. The average Bonchev–Trinajstić information content (AvgIpc) is 2.52. The lowest BCUT2D eigenvalue weighted by Gasteiger charge is -2.11. The van der Waals surface area contributed by atoms with Crippen molar-refractivity contribution < 1.29 is 14.3 Å². The normalized spacial score (nSPS) is 10.2. The van der Waals surface area contributed by atoms with E-state index in [1.165, 1.54) is 7.11 Å². The predicted octanol–water partition coefficient (Wildman–Crippen LogP) is 3.07. The van der Waals surface area contributed by atoms with Gasteiger partial charge in [-0.3, -0.25) is 9.78 Å². The molecule has 0 atom stereocenters. The fourth-order valence-electron chi connectivity index (χ4n) is 2.01. The van der Waals surface area contributed by atoms with Crippen molar-refractivity contribution in [2.24, 2.45) is 0 Å². The summed E-state index contributed by atoms with van der Waals surface area (Å²) in [4.78, 5) is 15.6. The van der Waals surface area contributed by atoms with Crippen molar-refractivity contribution >= 4 is 5.97 Å². The largest absolute Gasteiger partial charge is 0.487 e. The van der Waals surface area contributed by atoms with Gasteiger partial charge in [0.2, 0.25) is 0 Å². The smallest absolute Gasteiger partial charge is 0.305 e. The Balaban J connectivity index is 2.03. The minimum atomic E-state index is -0.217. The van der Waals surface area contributed by atoms with Gasteiger partial charge in [-0.1, -0.05) is 24.3 Å². The van der Waals surface area contributed by atoms with Gasteiger partial charge in [-0.05, 0) is 36.6 Å². The summed E-state index contributed by atoms with van der Waals surface area (Å²) in [6, 6.07) is 11.6. The third-order valence-corrected chi connectivity index (χ3v) is 3.28. The fourth-order valence-corrected chi connectivity index (χ4v) is 2.01. The van der Waals surface area contributed by atoms with Crippen molar-refractivity contribution in [1.82, 2.24) is 4.98 Å². The van der Waals surface area contributed by atoms with Crippen molar-refractivity contribution in [3.05, 3.63) is 59.4 Å². The third kappa shape index (κ3) is 4.31. The zero-order valence-corrected chi connectivity index (χ0v) is 12.3. The van der Waals surface area contributed by atoms with E-state index >= 15 is 0 Å². The van der Waals surface area contributed by atoms with E-state index in [2.05, 4.69) is 9.72 Å². The van der Waals surface area contributed by atoms with E-state index < -0.39 is 0 Å². The number of benzene rings is 1. The third-order valence-electron chi connectivity index (χ3n) is 3.28. The monoisotopic (exact) mass is 285 g/mol. The van der Waals surface area contributed by atoms with E-state index in [-0.39, 0.29) is 5.97 Å². The number of esters is 1. The van der Waals surface area contributed by atoms with E-state index in [1.54, 1.807) is 6.20 Å². The predicted molar refractivity (Wildman–Crippen MR) is 80.1 cm³/mol. The van der Waals surface area contributed by atoms with Crippen LogP contribution < -0.4 is 4.74 Å². The molecule has 0 unspecified atom stereocenters. The van der Waals surface area contributed by atoms with Gasteiger partial charge >= 0.3 is 5.97 Å². The Labute approximate surface area is 124 Å². The zero-order valence-electron chi connectivity index (χ0n) is 12.3. The molecule has 0 N–H and O–H groups in total. The van der Waals surface area contributed by atoms with Crippen LogP contribution in [0.15, 0.2) is 42.6 Å². The van der Waals surface area contributed by atoms with Gasteiger partial charge < -0.3 is 9.47 Å². The highest BCUT2D eigenvalue weighted by Crippen LogP contribution is 2.21. The zero-order chi connectivity index (χ0) is 15.1. The molecule has 21 heavy (non-hydrogen) atoms. The lowest BCUT2D eigenvalue weighted by atomic mass is 10.1. The van der Waals surface area contributed by atoms with Crippen LogP contribution in [0.1, 0.15) is 23.2 Å². The van der Waals surface area contributed by atoms with E-state index in [4.69, 9.17) is 4.74 Å². The molecule has 0 spiro atoms. The number of nitrogens with zero attached hydrogens (tertiary/aromatic N) is 1. The van der Waals surface area contributed by atoms with Crippen LogP contribution in [0.5, 0.6) is 5.75 Å². The van der Waals surface area contributed by atoms with Crippen LogP contribution in [0.4, 0.5) is 0 Å². The highest BCUT2D eigenvalue weighted by Gasteiger charge is 2.08. The molecule has 0 radical (unpaired) electrons. The van der Waals surface area contributed by atoms with E-state index in [1.807, 2.05) is 43.3 Å². The molecule has 1 heterocycles. The van der Waals surface area contributed by atoms with Crippen LogP contribution in [-0.4, -0.2) is 18.1 Å². The number of methoxy groups -OCH3 is 1. The summed E-state index contributed by atoms with van der Waals surface area (Å²) in [5.74, 6) is 0.567. The molecule has 0 fully saturated rings. The van der Waals surface area contributed by atoms with Gasteiger partial charge in [0.05, 0.1) is 12.8 Å². The summed E-state index contributed by atoms with van der Waals surface area (Å²) < 4.78 is 10.5. The maximum Gasteiger partial charge on any atom is 0.305 e. The number of pyridine rings is 1. The highest BCUT2D eigenvalue weighted by atomic mass is 16.5. The molecule has 0 aliphatic rings. The van der Waals surface area contributed by atoms with E-state index in [0.29, 0.717) is 19.4 Å². The molecular formula is C17H19NO3. The van der Waals surface area contributed by atoms with Gasteiger partial charge in [0.15, 0.2) is 0 Å². The lowest BCUT2D eigenvalue weighted by Crippen LogP contribution is -2.05. The molecule has 4 nitrogen and oxygen atoms in total. The summed E-state index contributed by atoms with van der Waals surface area (Å²) >= 11 is 0. The molecule has 110 valence electrons. The number of hydrogen-bond acceptors (Lipinski definition) is 4. The number of ether oxygens (including phenoxy) is 2. The number of rotatable bonds is 6. The Bertz CT molecular complexity index is 610. The highest BCUT2D eigenvalue weighted by molar-refractivity contribution is 5.69. The topological polar surface area (TPSA) is 48.4 Å². The van der Waals surface area contributed by atoms with Gasteiger partial charge in [-0.2, -0.15) is 0 Å². The Kier molecular flexibility index (Phi) is 5.32. The summed E-state index contributed by atoms with van der Waals surface area (Å²) in [6.07, 6.45) is 2.71. The molecule has 0 aliphatic heterocycles. The SMILES string of the molecule is COC(=O)CCc1ccccc1OCc1ncccc1C. The van der Waals surface area contributed by atoms with Crippen molar-refractivity contribution in [3.8, 4) is 5.75 Å². The van der Waals surface area contributed by atoms with Gasteiger partial charge in [0.25, 0.3) is 0 Å². The van der Waals surface area contributed by atoms with Gasteiger partial charge in [-0.25, -0.2) is 0 Å². The van der Waals surface area contributed by atoms with Gasteiger partial charge in [0, 0.05) is 12.6 Å². The molecule has 1 aromatic heterocycles. The summed E-state index contributed by atoms with van der Waals surface area (Å²) in [5.41, 5.74) is 3.02. The fraction of sp³-hybridized carbons (Fsp3) is 0.294. The van der Waals surface area contributed by atoms with Crippen molar-refractivity contribution in [2.45, 2.75) is 26.4 Å². The number of carbonyl (C=O) groups is 1. The number of hydrogen-bond donors (Lipinski definition) is 0. The second-order valence-electron chi connectivity index (χ2n) is 4.74. The van der Waals surface area contributed by atoms with Crippen LogP contribution in [0.2, 0.25) is 0 Å². The van der Waals surface area contributed by atoms with Crippen molar-refractivity contribution in [1.29, 1.82) is 0 Å². The Morgan fingerprint density at radius 3 is 2.76 bits per heavy atom. The molecule has 0 saturated carbocycles. The van der Waals surface area contributed by atoms with E-state index in [0.717, 1.165) is 22.6 Å². The summed E-state index contributed by atoms with van der Waals surface area (Å²) in [5, 5.41) is 0. The summed E-state index contributed by atoms with van der Waals surface area (Å²) in [6.45, 7) is 2.43. The van der Waals surface area contributed by atoms with Crippen LogP contribution >= 0.6 is 0 Å². The molecule has 2 aromatic rings. The number of carbonyl (C=O) groups excluding carboxylic acids is 1. The molecule has 0 bridgehead atoms. The molecular weight excluding hydrogens is 266 g/mol. The van der Waals surface area contributed by atoms with Crippen LogP contribution in [-0.2, 0) is 22.6 Å². The Morgan fingerprint density at radius 1 is 1.19 bits per heavy atom. The standard InChI is InChI=1S/C17H19NO3/c1-13-6-5-11-18-15(13)12-21-16-8-4-3-7-14(16)9-10-17(19)20-2/h3-8,11H,9-10,12H2,1-2H3. The maximum absolute atomic E-state index is 11.2. The number of aryl methyl sites for hydroxylation is 2. The first-order chi connectivity index (χ1) is 10.2. The van der Waals surface area contributed by atoms with Gasteiger partial charge in [0.1, 0.15) is 12.4 Å². The second kappa shape index (κ2) is 7.43. The minimum Gasteiger partial charge on any atom is -0.487 e. The minimum absolute atomic E-state index is 0.217. The molecule has 0 aliphatic carbocycles. The van der Waals surface area contributed by atoms with Crippen LogP contribution in [0.3, 0.4) is 0 Å². The average molecular weight is 285 g/mol. The van der Waals surface area contributed by atoms with Crippen LogP contribution in [0.25, 0.3) is 0 Å². The first-order valence-corrected chi connectivity index (χ1v) is 6.88. The van der Waals surface area contributed by atoms with Gasteiger partial charge in [-0.15, -0.1) is 0 Å². The van der Waals surface area contributed by atoms with Crippen molar-refractivity contribution in [3.63, 3.8) is 0 Å². The Morgan fingerprint density at radius 2 is 2.00 bits per heavy atom. The molecule has 0 saturated heterocycles. The molecule has 0 amide bonds. The van der Waals surface area contributed by atoms with E-state index in [9.17, 15) is 4.79 Å². The second-order valence-corrected chi connectivity index (χ2v) is 4.74. The number of para-hydroxylation sites is 1. The number of aromatic nitrogens is 1. The Hall–Kier alpha value is -2.36. The maximum atomic E-state index is 11.2. The molecule has 1 aromatic carbocycles. The van der Waals surface area contributed by atoms with Crippen molar-refractivity contribution in [2.75, 3.05) is 7.11 Å². The quantitative estimate of drug-likeness (QED) is 0.765. The summed E-state index contributed by atoms with van der Waals surface area (Å²) in [7, 11) is 1.40. The first kappa shape index (κ1) is 15.0. The molecule has 2 rings (SSSR count). The lowest BCUT2D eigenvalue weighted by molar-refractivity contribution is -0.140.